The van der Waals surface area contributed by atoms with Crippen LogP contribution in [0.5, 0.6) is 0 Å². The zero-order valence-electron chi connectivity index (χ0n) is 15.4. The second-order valence-corrected chi connectivity index (χ2v) is 8.49. The number of hydrogen-bond acceptors (Lipinski definition) is 5. The summed E-state index contributed by atoms with van der Waals surface area (Å²) in [6.45, 7) is 0. The summed E-state index contributed by atoms with van der Waals surface area (Å²) in [6, 6.07) is 12.6. The second kappa shape index (κ2) is 7.14. The maximum absolute atomic E-state index is 6.33. The Hall–Kier alpha value is -1.95. The monoisotopic (exact) mass is 414 g/mol. The van der Waals surface area contributed by atoms with E-state index in [0.717, 1.165) is 18.5 Å². The first kappa shape index (κ1) is 18.1. The van der Waals surface area contributed by atoms with Crippen molar-refractivity contribution in [3.05, 3.63) is 64.1 Å². The Labute approximate surface area is 173 Å². The molecule has 0 radical (unpaired) electrons. The fourth-order valence-electron chi connectivity index (χ4n) is 4.86. The van der Waals surface area contributed by atoms with Crippen molar-refractivity contribution in [3.8, 4) is 11.5 Å². The van der Waals surface area contributed by atoms with Gasteiger partial charge in [-0.1, -0.05) is 40.5 Å². The molecule has 2 aromatic heterocycles. The first-order valence-corrected chi connectivity index (χ1v) is 10.3. The van der Waals surface area contributed by atoms with Crippen molar-refractivity contribution in [2.45, 2.75) is 43.2 Å². The largest absolute Gasteiger partial charge is 0.339 e. The van der Waals surface area contributed by atoms with E-state index in [1.165, 1.54) is 12.0 Å². The molecule has 0 spiro atoms. The lowest BCUT2D eigenvalue weighted by atomic mass is 9.76. The van der Waals surface area contributed by atoms with Crippen molar-refractivity contribution in [1.29, 1.82) is 0 Å². The number of hydrogen-bond donors (Lipinski definition) is 0. The third-order valence-corrected chi connectivity index (χ3v) is 7.00. The van der Waals surface area contributed by atoms with Crippen molar-refractivity contribution >= 4 is 23.2 Å². The molecule has 1 aromatic carbocycles. The highest BCUT2D eigenvalue weighted by Crippen LogP contribution is 2.51. The number of rotatable bonds is 3. The lowest BCUT2D eigenvalue weighted by molar-refractivity contribution is 0.120. The minimum Gasteiger partial charge on any atom is -0.339 e. The summed E-state index contributed by atoms with van der Waals surface area (Å²) in [6.07, 6.45) is 5.10. The van der Waals surface area contributed by atoms with Crippen LogP contribution in [0, 0.1) is 0 Å². The van der Waals surface area contributed by atoms with E-state index in [9.17, 15) is 0 Å². The zero-order valence-corrected chi connectivity index (χ0v) is 16.9. The first-order chi connectivity index (χ1) is 13.6. The smallest absolute Gasteiger partial charge is 0.232 e. The molecule has 2 aliphatic heterocycles. The molecule has 2 aliphatic rings. The SMILES string of the molecule is CN1C2CCC1C(c1nc(-c3ccccn3)no1)C(c1ccc(Cl)c(Cl)c1)C2. The van der Waals surface area contributed by atoms with Gasteiger partial charge in [-0.05, 0) is 62.1 Å². The van der Waals surface area contributed by atoms with Gasteiger partial charge in [0.05, 0.1) is 16.0 Å². The van der Waals surface area contributed by atoms with Crippen LogP contribution in [0.15, 0.2) is 47.1 Å². The molecule has 28 heavy (non-hydrogen) atoms. The van der Waals surface area contributed by atoms with E-state index in [1.54, 1.807) is 6.20 Å². The zero-order chi connectivity index (χ0) is 19.3. The van der Waals surface area contributed by atoms with Gasteiger partial charge in [-0.3, -0.25) is 9.88 Å². The van der Waals surface area contributed by atoms with Gasteiger partial charge in [0, 0.05) is 18.3 Å². The molecule has 144 valence electrons. The summed E-state index contributed by atoms with van der Waals surface area (Å²) >= 11 is 12.5. The number of aromatic nitrogens is 3. The van der Waals surface area contributed by atoms with Gasteiger partial charge < -0.3 is 4.52 Å². The summed E-state index contributed by atoms with van der Waals surface area (Å²) in [5.41, 5.74) is 1.90. The highest BCUT2D eigenvalue weighted by molar-refractivity contribution is 6.42. The van der Waals surface area contributed by atoms with Gasteiger partial charge in [0.2, 0.25) is 11.7 Å². The molecule has 3 aromatic rings. The Kier molecular flexibility index (Phi) is 4.62. The Morgan fingerprint density at radius 2 is 2.00 bits per heavy atom. The molecule has 5 rings (SSSR count). The molecular weight excluding hydrogens is 395 g/mol. The molecule has 2 saturated heterocycles. The van der Waals surface area contributed by atoms with Gasteiger partial charge in [-0.15, -0.1) is 0 Å². The molecule has 0 saturated carbocycles. The maximum atomic E-state index is 6.33. The standard InChI is InChI=1S/C21H20Cl2N4O/c1-27-13-6-8-18(27)19(14(11-13)12-5-7-15(22)16(23)10-12)21-25-20(26-28-21)17-4-2-3-9-24-17/h2-5,7,9-10,13-14,18-19H,6,8,11H2,1H3. The van der Waals surface area contributed by atoms with Crippen LogP contribution in [0.2, 0.25) is 10.0 Å². The number of fused-ring (bicyclic) bond motifs is 2. The molecule has 4 unspecified atom stereocenters. The van der Waals surface area contributed by atoms with E-state index in [-0.39, 0.29) is 11.8 Å². The molecule has 0 N–H and O–H groups in total. The minimum atomic E-state index is 0.117. The lowest BCUT2D eigenvalue weighted by Gasteiger charge is -2.41. The summed E-state index contributed by atoms with van der Waals surface area (Å²) in [4.78, 5) is 11.6. The van der Waals surface area contributed by atoms with Crippen LogP contribution in [0.25, 0.3) is 11.5 Å². The summed E-state index contributed by atoms with van der Waals surface area (Å²) in [5.74, 6) is 1.59. The number of nitrogens with zero attached hydrogens (tertiary/aromatic N) is 4. The number of halogens is 2. The quantitative estimate of drug-likeness (QED) is 0.591. The van der Waals surface area contributed by atoms with E-state index >= 15 is 0 Å². The van der Waals surface area contributed by atoms with Crippen molar-refractivity contribution in [1.82, 2.24) is 20.0 Å². The first-order valence-electron chi connectivity index (χ1n) is 9.53. The highest BCUT2D eigenvalue weighted by atomic mass is 35.5. The van der Waals surface area contributed by atoms with Gasteiger partial charge in [-0.25, -0.2) is 0 Å². The second-order valence-electron chi connectivity index (χ2n) is 7.68. The van der Waals surface area contributed by atoms with Gasteiger partial charge in [0.15, 0.2) is 0 Å². The molecule has 2 fully saturated rings. The molecular formula is C21H20Cl2N4O. The molecule has 2 bridgehead atoms. The average Bonchev–Trinajstić information content (AvgIpc) is 3.28. The van der Waals surface area contributed by atoms with Crippen LogP contribution in [-0.2, 0) is 0 Å². The Morgan fingerprint density at radius 3 is 2.79 bits per heavy atom. The third-order valence-electron chi connectivity index (χ3n) is 6.26. The highest BCUT2D eigenvalue weighted by Gasteiger charge is 2.49. The summed E-state index contributed by atoms with van der Waals surface area (Å²) in [7, 11) is 2.20. The van der Waals surface area contributed by atoms with E-state index < -0.39 is 0 Å². The van der Waals surface area contributed by atoms with Crippen LogP contribution >= 0.6 is 23.2 Å². The number of likely N-dealkylation sites (N-methyl/N-ethyl adjacent to an activating group) is 1. The Bertz CT molecular complexity index is 993. The van der Waals surface area contributed by atoms with E-state index in [2.05, 4.69) is 28.2 Å². The van der Waals surface area contributed by atoms with Crippen LogP contribution in [0.1, 0.15) is 42.6 Å². The van der Waals surface area contributed by atoms with Crippen molar-refractivity contribution in [3.63, 3.8) is 0 Å². The minimum absolute atomic E-state index is 0.117. The lowest BCUT2D eigenvalue weighted by Crippen LogP contribution is -2.44. The van der Waals surface area contributed by atoms with Gasteiger partial charge in [-0.2, -0.15) is 4.98 Å². The number of pyridine rings is 1. The van der Waals surface area contributed by atoms with Gasteiger partial charge in [0.25, 0.3) is 0 Å². The summed E-state index contributed by atoms with van der Waals surface area (Å²) < 4.78 is 5.78. The van der Waals surface area contributed by atoms with Gasteiger partial charge >= 0.3 is 0 Å². The third kappa shape index (κ3) is 3.02. The van der Waals surface area contributed by atoms with Crippen molar-refractivity contribution in [2.24, 2.45) is 0 Å². The number of benzene rings is 1. The number of piperidine rings is 1. The van der Waals surface area contributed by atoms with Gasteiger partial charge in [0.1, 0.15) is 5.69 Å². The fourth-order valence-corrected chi connectivity index (χ4v) is 5.17. The van der Waals surface area contributed by atoms with Crippen LogP contribution in [0.3, 0.4) is 0 Å². The summed E-state index contributed by atoms with van der Waals surface area (Å²) in [5, 5.41) is 5.38. The molecule has 0 aliphatic carbocycles. The van der Waals surface area contributed by atoms with E-state index in [4.69, 9.17) is 32.7 Å². The predicted molar refractivity (Wildman–Crippen MR) is 109 cm³/mol. The molecule has 4 atom stereocenters. The van der Waals surface area contributed by atoms with Crippen molar-refractivity contribution in [2.75, 3.05) is 7.05 Å². The van der Waals surface area contributed by atoms with E-state index in [0.29, 0.717) is 33.8 Å². The molecule has 7 heteroatoms. The van der Waals surface area contributed by atoms with Crippen molar-refractivity contribution < 1.29 is 4.52 Å². The molecule has 4 heterocycles. The Balaban J connectivity index is 1.55. The average molecular weight is 415 g/mol. The van der Waals surface area contributed by atoms with Crippen LogP contribution < -0.4 is 0 Å². The molecule has 0 amide bonds. The Morgan fingerprint density at radius 1 is 1.11 bits per heavy atom. The van der Waals surface area contributed by atoms with Crippen LogP contribution in [-0.4, -0.2) is 39.2 Å². The van der Waals surface area contributed by atoms with Crippen LogP contribution in [0.4, 0.5) is 0 Å². The topological polar surface area (TPSA) is 55.1 Å². The predicted octanol–water partition coefficient (Wildman–Crippen LogP) is 5.17. The fraction of sp³-hybridized carbons (Fsp3) is 0.381. The van der Waals surface area contributed by atoms with E-state index in [1.807, 2.05) is 30.3 Å². The molecule has 5 nitrogen and oxygen atoms in total. The maximum Gasteiger partial charge on any atom is 0.232 e. The normalized spacial score (nSPS) is 27.2.